The van der Waals surface area contributed by atoms with Crippen LogP contribution in [0, 0.1) is 0 Å². The third-order valence-corrected chi connectivity index (χ3v) is 3.43. The van der Waals surface area contributed by atoms with Gasteiger partial charge in [0.1, 0.15) is 11.4 Å². The second-order valence-electron chi connectivity index (χ2n) is 5.91. The van der Waals surface area contributed by atoms with Gasteiger partial charge in [-0.2, -0.15) is 0 Å². The fraction of sp³-hybridized carbons (Fsp3) is 0.611. The lowest BCUT2D eigenvalue weighted by Crippen LogP contribution is -2.42. The molecule has 124 valence electrons. The molecule has 1 N–H and O–H groups in total. The van der Waals surface area contributed by atoms with Crippen molar-refractivity contribution in [1.82, 2.24) is 0 Å². The molecule has 0 bridgehead atoms. The number of nitrogens with one attached hydrogen (secondary N) is 1. The maximum absolute atomic E-state index is 12.5. The minimum atomic E-state index is -0.780. The number of amides is 1. The van der Waals surface area contributed by atoms with Crippen LogP contribution >= 0.6 is 0 Å². The molecule has 0 saturated carbocycles. The van der Waals surface area contributed by atoms with Crippen molar-refractivity contribution in [2.24, 2.45) is 0 Å². The van der Waals surface area contributed by atoms with E-state index in [4.69, 9.17) is 9.47 Å². The molecule has 0 heterocycles. The fourth-order valence-electron chi connectivity index (χ4n) is 2.24. The van der Waals surface area contributed by atoms with Crippen molar-refractivity contribution in [3.05, 3.63) is 24.3 Å². The summed E-state index contributed by atoms with van der Waals surface area (Å²) < 4.78 is 11.3. The Morgan fingerprint density at radius 2 is 1.86 bits per heavy atom. The Balaban J connectivity index is 2.72. The van der Waals surface area contributed by atoms with Gasteiger partial charge in [0.05, 0.1) is 6.10 Å². The molecule has 1 aromatic rings. The van der Waals surface area contributed by atoms with Crippen molar-refractivity contribution in [3.63, 3.8) is 0 Å². The van der Waals surface area contributed by atoms with Gasteiger partial charge in [0, 0.05) is 12.3 Å². The van der Waals surface area contributed by atoms with Gasteiger partial charge in [0.25, 0.3) is 5.91 Å². The summed E-state index contributed by atoms with van der Waals surface area (Å²) in [4.78, 5) is 12.5. The molecule has 1 aromatic carbocycles. The zero-order chi connectivity index (χ0) is 16.6. The molecule has 0 aromatic heterocycles. The highest BCUT2D eigenvalue weighted by atomic mass is 16.5. The maximum atomic E-state index is 12.5. The first-order valence-corrected chi connectivity index (χ1v) is 8.13. The summed E-state index contributed by atoms with van der Waals surface area (Å²) in [7, 11) is 0. The summed E-state index contributed by atoms with van der Waals surface area (Å²) in [5.74, 6) is 0.701. The van der Waals surface area contributed by atoms with E-state index in [-0.39, 0.29) is 12.0 Å². The van der Waals surface area contributed by atoms with E-state index in [9.17, 15) is 4.79 Å². The van der Waals surface area contributed by atoms with E-state index in [1.807, 2.05) is 52.0 Å². The molecule has 4 heteroatoms. The van der Waals surface area contributed by atoms with Gasteiger partial charge < -0.3 is 14.8 Å². The van der Waals surface area contributed by atoms with Crippen LogP contribution in [-0.2, 0) is 9.53 Å². The molecule has 22 heavy (non-hydrogen) atoms. The summed E-state index contributed by atoms with van der Waals surface area (Å²) in [5, 5.41) is 2.94. The zero-order valence-electron chi connectivity index (χ0n) is 14.4. The van der Waals surface area contributed by atoms with Crippen LogP contribution in [-0.4, -0.2) is 24.2 Å². The van der Waals surface area contributed by atoms with Crippen molar-refractivity contribution < 1.29 is 14.3 Å². The SMILES string of the molecule is CCCC[C@@](C)(OCC)C(=O)Nc1ccc(OC(C)C)cc1. The van der Waals surface area contributed by atoms with E-state index < -0.39 is 5.60 Å². The van der Waals surface area contributed by atoms with Gasteiger partial charge in [0.15, 0.2) is 0 Å². The van der Waals surface area contributed by atoms with Gasteiger partial charge in [-0.15, -0.1) is 0 Å². The maximum Gasteiger partial charge on any atom is 0.256 e. The normalized spacial score (nSPS) is 13.7. The summed E-state index contributed by atoms with van der Waals surface area (Å²) in [6, 6.07) is 7.42. The monoisotopic (exact) mass is 307 g/mol. The number of hydrogen-bond acceptors (Lipinski definition) is 3. The average molecular weight is 307 g/mol. The molecule has 1 rings (SSSR count). The minimum absolute atomic E-state index is 0.0969. The predicted octanol–water partition coefficient (Wildman–Crippen LogP) is 4.40. The average Bonchev–Trinajstić information content (AvgIpc) is 2.47. The number of anilines is 1. The van der Waals surface area contributed by atoms with Crippen LogP contribution in [0.5, 0.6) is 5.75 Å². The largest absolute Gasteiger partial charge is 0.491 e. The fourth-order valence-corrected chi connectivity index (χ4v) is 2.24. The smallest absolute Gasteiger partial charge is 0.256 e. The third kappa shape index (κ3) is 5.68. The van der Waals surface area contributed by atoms with Crippen molar-refractivity contribution in [2.45, 2.75) is 65.6 Å². The van der Waals surface area contributed by atoms with Gasteiger partial charge in [0.2, 0.25) is 0 Å². The highest BCUT2D eigenvalue weighted by Crippen LogP contribution is 2.23. The Kier molecular flexibility index (Phi) is 7.39. The molecule has 4 nitrogen and oxygen atoms in total. The van der Waals surface area contributed by atoms with E-state index in [2.05, 4.69) is 12.2 Å². The second-order valence-corrected chi connectivity index (χ2v) is 5.91. The molecule has 0 aliphatic carbocycles. The minimum Gasteiger partial charge on any atom is -0.491 e. The number of unbranched alkanes of at least 4 members (excludes halogenated alkanes) is 1. The van der Waals surface area contributed by atoms with E-state index in [1.54, 1.807) is 0 Å². The Morgan fingerprint density at radius 1 is 1.23 bits per heavy atom. The lowest BCUT2D eigenvalue weighted by atomic mass is 9.97. The standard InChI is InChI=1S/C18H29NO3/c1-6-8-13-18(5,21-7-2)17(20)19-15-9-11-16(12-10-15)22-14(3)4/h9-12,14H,6-8,13H2,1-5H3,(H,19,20)/t18-/m1/s1. The Labute approximate surface area is 134 Å². The summed E-state index contributed by atoms with van der Waals surface area (Å²) in [6.07, 6.45) is 2.86. The third-order valence-electron chi connectivity index (χ3n) is 3.43. The molecule has 0 saturated heterocycles. The molecule has 0 aliphatic rings. The Morgan fingerprint density at radius 3 is 2.36 bits per heavy atom. The van der Waals surface area contributed by atoms with Crippen LogP contribution in [0.25, 0.3) is 0 Å². The molecule has 0 radical (unpaired) electrons. The van der Waals surface area contributed by atoms with Gasteiger partial charge in [-0.05, 0) is 58.4 Å². The zero-order valence-corrected chi connectivity index (χ0v) is 14.4. The lowest BCUT2D eigenvalue weighted by Gasteiger charge is -2.28. The highest BCUT2D eigenvalue weighted by molar-refractivity contribution is 5.97. The topological polar surface area (TPSA) is 47.6 Å². The van der Waals surface area contributed by atoms with Crippen LogP contribution in [0.15, 0.2) is 24.3 Å². The van der Waals surface area contributed by atoms with Crippen molar-refractivity contribution in [1.29, 1.82) is 0 Å². The molecule has 0 spiro atoms. The van der Waals surface area contributed by atoms with Gasteiger partial charge in [-0.1, -0.05) is 19.8 Å². The summed E-state index contributed by atoms with van der Waals surface area (Å²) >= 11 is 0. The van der Waals surface area contributed by atoms with Gasteiger partial charge in [-0.25, -0.2) is 0 Å². The van der Waals surface area contributed by atoms with Crippen molar-refractivity contribution >= 4 is 11.6 Å². The molecule has 0 aliphatic heterocycles. The number of carbonyl (C=O) groups excluding carboxylic acids is 1. The highest BCUT2D eigenvalue weighted by Gasteiger charge is 2.33. The van der Waals surface area contributed by atoms with Gasteiger partial charge >= 0.3 is 0 Å². The number of rotatable bonds is 9. The van der Waals surface area contributed by atoms with E-state index in [0.717, 1.165) is 30.7 Å². The second kappa shape index (κ2) is 8.79. The number of ether oxygens (including phenoxy) is 2. The van der Waals surface area contributed by atoms with E-state index in [0.29, 0.717) is 6.61 Å². The Hall–Kier alpha value is -1.55. The number of carbonyl (C=O) groups is 1. The number of benzene rings is 1. The number of hydrogen-bond donors (Lipinski definition) is 1. The summed E-state index contributed by atoms with van der Waals surface area (Å²) in [6.45, 7) is 10.4. The Bertz CT molecular complexity index is 456. The predicted molar refractivity (Wildman–Crippen MR) is 90.4 cm³/mol. The van der Waals surface area contributed by atoms with Crippen LogP contribution < -0.4 is 10.1 Å². The van der Waals surface area contributed by atoms with Crippen LogP contribution in [0.2, 0.25) is 0 Å². The quantitative estimate of drug-likeness (QED) is 0.735. The molecular weight excluding hydrogens is 278 g/mol. The van der Waals surface area contributed by atoms with Crippen molar-refractivity contribution in [3.8, 4) is 5.75 Å². The first-order valence-electron chi connectivity index (χ1n) is 8.13. The van der Waals surface area contributed by atoms with Crippen LogP contribution in [0.3, 0.4) is 0 Å². The molecule has 0 unspecified atom stereocenters. The van der Waals surface area contributed by atoms with E-state index in [1.165, 1.54) is 0 Å². The van der Waals surface area contributed by atoms with Crippen LogP contribution in [0.4, 0.5) is 5.69 Å². The van der Waals surface area contributed by atoms with Crippen molar-refractivity contribution in [2.75, 3.05) is 11.9 Å². The first kappa shape index (κ1) is 18.5. The molecule has 0 fully saturated rings. The van der Waals surface area contributed by atoms with E-state index >= 15 is 0 Å². The molecule has 1 atom stereocenters. The molecule has 1 amide bonds. The first-order chi connectivity index (χ1) is 10.4. The lowest BCUT2D eigenvalue weighted by molar-refractivity contribution is -0.139. The van der Waals surface area contributed by atoms with Crippen LogP contribution in [0.1, 0.15) is 53.9 Å². The summed E-state index contributed by atoms with van der Waals surface area (Å²) in [5.41, 5.74) is -0.0266. The molecular formula is C18H29NO3. The van der Waals surface area contributed by atoms with Gasteiger partial charge in [-0.3, -0.25) is 4.79 Å².